The smallest absolute Gasteiger partial charge is 0.259 e. The summed E-state index contributed by atoms with van der Waals surface area (Å²) >= 11 is 3.08. The van der Waals surface area contributed by atoms with Crippen LogP contribution < -0.4 is 15.6 Å². The Morgan fingerprint density at radius 2 is 2.00 bits per heavy atom. The van der Waals surface area contributed by atoms with Crippen LogP contribution in [0.4, 0.5) is 5.69 Å². The van der Waals surface area contributed by atoms with Crippen LogP contribution >= 0.6 is 23.1 Å². The average Bonchev–Trinajstić information content (AvgIpc) is 3.47. The largest absolute Gasteiger partial charge is 0.490 e. The van der Waals surface area contributed by atoms with Crippen LogP contribution in [0, 0.1) is 0 Å². The molecule has 1 amide bonds. The van der Waals surface area contributed by atoms with E-state index in [2.05, 4.69) is 15.3 Å². The second kappa shape index (κ2) is 9.04. The fourth-order valence-corrected chi connectivity index (χ4v) is 6.34. The van der Waals surface area contributed by atoms with E-state index in [0.717, 1.165) is 53.8 Å². The number of nitrogens with one attached hydrogen (secondary N) is 2. The van der Waals surface area contributed by atoms with Gasteiger partial charge < -0.3 is 15.0 Å². The molecule has 0 bridgehead atoms. The van der Waals surface area contributed by atoms with Crippen molar-refractivity contribution in [2.75, 3.05) is 11.1 Å². The number of fused-ring (bicyclic) bond motifs is 3. The molecule has 1 fully saturated rings. The Morgan fingerprint density at radius 1 is 1.19 bits per heavy atom. The molecule has 0 aliphatic heterocycles. The second-order valence-electron chi connectivity index (χ2n) is 8.14. The molecular formula is C23H25N3O3S2. The molecule has 0 saturated heterocycles. The molecule has 0 unspecified atom stereocenters. The number of rotatable bonds is 7. The van der Waals surface area contributed by atoms with Gasteiger partial charge in [-0.25, -0.2) is 4.98 Å². The van der Waals surface area contributed by atoms with Crippen molar-refractivity contribution in [1.29, 1.82) is 0 Å². The highest BCUT2D eigenvalue weighted by Crippen LogP contribution is 2.34. The van der Waals surface area contributed by atoms with E-state index >= 15 is 0 Å². The van der Waals surface area contributed by atoms with Crippen molar-refractivity contribution < 1.29 is 9.53 Å². The maximum Gasteiger partial charge on any atom is 0.259 e. The van der Waals surface area contributed by atoms with Crippen LogP contribution in [0.15, 0.2) is 29.1 Å². The fourth-order valence-electron chi connectivity index (χ4n) is 4.37. The molecule has 6 nitrogen and oxygen atoms in total. The first-order valence-corrected chi connectivity index (χ1v) is 12.8. The molecule has 0 atom stereocenters. The molecule has 2 N–H and O–H groups in total. The van der Waals surface area contributed by atoms with Gasteiger partial charge in [0.25, 0.3) is 5.56 Å². The highest BCUT2D eigenvalue weighted by molar-refractivity contribution is 7.99. The molecular weight excluding hydrogens is 430 g/mol. The Labute approximate surface area is 188 Å². The summed E-state index contributed by atoms with van der Waals surface area (Å²) in [4.78, 5) is 34.5. The summed E-state index contributed by atoms with van der Waals surface area (Å²) in [5, 5.41) is 3.68. The predicted molar refractivity (Wildman–Crippen MR) is 126 cm³/mol. The number of aromatic nitrogens is 2. The van der Waals surface area contributed by atoms with Crippen LogP contribution in [0.2, 0.25) is 0 Å². The van der Waals surface area contributed by atoms with Crippen molar-refractivity contribution >= 4 is 44.9 Å². The minimum Gasteiger partial charge on any atom is -0.490 e. The van der Waals surface area contributed by atoms with E-state index in [4.69, 9.17) is 4.74 Å². The Kier molecular flexibility index (Phi) is 6.00. The topological polar surface area (TPSA) is 84.1 Å². The SMILES string of the molecule is O=C(CSCc1nc2sc3c(c2c(=O)[nH]1)CCC3)Nc1ccc(OC2CCCC2)cc1. The van der Waals surface area contributed by atoms with Crippen molar-refractivity contribution in [1.82, 2.24) is 9.97 Å². The number of thioether (sulfide) groups is 1. The van der Waals surface area contributed by atoms with Crippen molar-refractivity contribution in [2.45, 2.75) is 56.8 Å². The molecule has 162 valence electrons. The fraction of sp³-hybridized carbons (Fsp3) is 0.435. The molecule has 0 spiro atoms. The number of hydrogen-bond donors (Lipinski definition) is 2. The van der Waals surface area contributed by atoms with E-state index < -0.39 is 0 Å². The molecule has 8 heteroatoms. The summed E-state index contributed by atoms with van der Waals surface area (Å²) in [5.74, 6) is 2.19. The summed E-state index contributed by atoms with van der Waals surface area (Å²) in [6.07, 6.45) is 8.20. The van der Waals surface area contributed by atoms with Gasteiger partial charge >= 0.3 is 0 Å². The maximum absolute atomic E-state index is 12.5. The lowest BCUT2D eigenvalue weighted by Gasteiger charge is -2.13. The predicted octanol–water partition coefficient (Wildman–Crippen LogP) is 4.67. The van der Waals surface area contributed by atoms with E-state index in [9.17, 15) is 9.59 Å². The minimum atomic E-state index is -0.0759. The molecule has 2 heterocycles. The number of nitrogens with zero attached hydrogens (tertiary/aromatic N) is 1. The zero-order valence-electron chi connectivity index (χ0n) is 17.2. The van der Waals surface area contributed by atoms with Crippen molar-refractivity contribution in [3.8, 4) is 5.75 Å². The van der Waals surface area contributed by atoms with Gasteiger partial charge in [0.2, 0.25) is 5.91 Å². The number of thiophene rings is 1. The zero-order chi connectivity index (χ0) is 21.2. The number of H-pyrrole nitrogens is 1. The molecule has 2 aromatic heterocycles. The lowest BCUT2D eigenvalue weighted by atomic mass is 10.2. The van der Waals surface area contributed by atoms with Gasteiger partial charge in [0.1, 0.15) is 16.4 Å². The number of hydrogen-bond acceptors (Lipinski definition) is 6. The van der Waals surface area contributed by atoms with Crippen LogP contribution in [0.25, 0.3) is 10.2 Å². The monoisotopic (exact) mass is 455 g/mol. The Morgan fingerprint density at radius 3 is 2.81 bits per heavy atom. The summed E-state index contributed by atoms with van der Waals surface area (Å²) in [5.41, 5.74) is 1.89. The quantitative estimate of drug-likeness (QED) is 0.541. The number of ether oxygens (including phenoxy) is 1. The van der Waals surface area contributed by atoms with Crippen LogP contribution in [0.5, 0.6) is 5.75 Å². The molecule has 31 heavy (non-hydrogen) atoms. The van der Waals surface area contributed by atoms with Gasteiger partial charge in [0.15, 0.2) is 0 Å². The molecule has 2 aliphatic carbocycles. The lowest BCUT2D eigenvalue weighted by Crippen LogP contribution is -2.15. The third-order valence-electron chi connectivity index (χ3n) is 5.84. The van der Waals surface area contributed by atoms with Crippen molar-refractivity contribution in [3.05, 3.63) is 50.9 Å². The van der Waals surface area contributed by atoms with Gasteiger partial charge in [-0.1, -0.05) is 0 Å². The van der Waals surface area contributed by atoms with Crippen molar-refractivity contribution in [2.24, 2.45) is 0 Å². The van der Waals surface area contributed by atoms with Gasteiger partial charge in [-0.05, 0) is 74.8 Å². The number of aryl methyl sites for hydroxylation is 2. The number of carbonyl (C=O) groups is 1. The normalized spacial score (nSPS) is 16.0. The average molecular weight is 456 g/mol. The van der Waals surface area contributed by atoms with E-state index in [-0.39, 0.29) is 11.5 Å². The first-order valence-electron chi connectivity index (χ1n) is 10.8. The van der Waals surface area contributed by atoms with Crippen LogP contribution in [-0.2, 0) is 23.4 Å². The number of benzene rings is 1. The summed E-state index contributed by atoms with van der Waals surface area (Å²) in [7, 11) is 0. The third kappa shape index (κ3) is 4.65. The van der Waals surface area contributed by atoms with Crippen LogP contribution in [0.3, 0.4) is 0 Å². The van der Waals surface area contributed by atoms with E-state index in [1.807, 2.05) is 24.3 Å². The molecule has 3 aromatic rings. The van der Waals surface area contributed by atoms with Crippen LogP contribution in [0.1, 0.15) is 48.4 Å². The second-order valence-corrected chi connectivity index (χ2v) is 10.2. The van der Waals surface area contributed by atoms with Crippen LogP contribution in [-0.4, -0.2) is 27.7 Å². The maximum atomic E-state index is 12.5. The number of carbonyl (C=O) groups excluding carboxylic acids is 1. The van der Waals surface area contributed by atoms with Gasteiger partial charge in [0, 0.05) is 10.6 Å². The Bertz CT molecular complexity index is 1150. The number of anilines is 1. The summed E-state index contributed by atoms with van der Waals surface area (Å²) in [6.45, 7) is 0. The molecule has 5 rings (SSSR count). The van der Waals surface area contributed by atoms with Gasteiger partial charge in [-0.3, -0.25) is 9.59 Å². The number of aromatic amines is 1. The molecule has 1 saturated carbocycles. The highest BCUT2D eigenvalue weighted by Gasteiger charge is 2.21. The number of amides is 1. The van der Waals surface area contributed by atoms with Gasteiger partial charge in [0.05, 0.1) is 23.0 Å². The van der Waals surface area contributed by atoms with Crippen molar-refractivity contribution in [3.63, 3.8) is 0 Å². The summed E-state index contributed by atoms with van der Waals surface area (Å²) in [6, 6.07) is 7.55. The lowest BCUT2D eigenvalue weighted by molar-refractivity contribution is -0.113. The first-order chi connectivity index (χ1) is 15.2. The minimum absolute atomic E-state index is 0.0515. The van der Waals surface area contributed by atoms with E-state index in [0.29, 0.717) is 23.4 Å². The van der Waals surface area contributed by atoms with Gasteiger partial charge in [-0.2, -0.15) is 0 Å². The molecule has 1 aromatic carbocycles. The first kappa shape index (κ1) is 20.6. The van der Waals surface area contributed by atoms with E-state index in [1.165, 1.54) is 35.0 Å². The standard InChI is InChI=1S/C23H25N3O3S2/c27-20(24-14-8-10-16(11-9-14)29-15-4-1-2-5-15)13-30-12-19-25-22(28)21-17-6-3-7-18(17)31-23(21)26-19/h8-11,15H,1-7,12-13H2,(H,24,27)(H,25,26,28). The Hall–Kier alpha value is -2.32. The zero-order valence-corrected chi connectivity index (χ0v) is 18.9. The summed E-state index contributed by atoms with van der Waals surface area (Å²) < 4.78 is 5.96. The highest BCUT2D eigenvalue weighted by atomic mass is 32.2. The third-order valence-corrected chi connectivity index (χ3v) is 7.97. The van der Waals surface area contributed by atoms with Gasteiger partial charge in [-0.15, -0.1) is 23.1 Å². The Balaban J connectivity index is 1.13. The molecule has 2 aliphatic rings. The van der Waals surface area contributed by atoms with E-state index in [1.54, 1.807) is 11.3 Å². The molecule has 0 radical (unpaired) electrons.